The Bertz CT molecular complexity index is 702. The second kappa shape index (κ2) is 6.68. The molecule has 0 aromatic heterocycles. The van der Waals surface area contributed by atoms with E-state index < -0.39 is 55.3 Å². The third kappa shape index (κ3) is 2.79. The molecular weight excluding hydrogens is 334 g/mol. The van der Waals surface area contributed by atoms with Crippen molar-refractivity contribution in [3.63, 3.8) is 0 Å². The molecule has 1 aromatic rings. The lowest BCUT2D eigenvalue weighted by Gasteiger charge is -2.42. The van der Waals surface area contributed by atoms with E-state index in [1.165, 1.54) is 6.07 Å². The van der Waals surface area contributed by atoms with Crippen molar-refractivity contribution in [2.75, 3.05) is 6.61 Å². The van der Waals surface area contributed by atoms with Crippen LogP contribution in [0.25, 0.3) is 0 Å². The molecule has 0 saturated carbocycles. The molecule has 9 nitrogen and oxygen atoms in total. The Labute approximate surface area is 142 Å². The number of rotatable bonds is 4. The third-order valence-corrected chi connectivity index (χ3v) is 4.35. The van der Waals surface area contributed by atoms with Crippen molar-refractivity contribution in [1.29, 1.82) is 5.26 Å². The zero-order chi connectivity index (χ0) is 18.2. The molecule has 1 aromatic carbocycles. The Kier molecular flexibility index (Phi) is 4.75. The zero-order valence-electron chi connectivity index (χ0n) is 13.0. The number of hydrogen-bond acceptors (Lipinski definition) is 9. The molecule has 2 aliphatic rings. The molecule has 1 saturated heterocycles. The number of carbonyl (C=O) groups excluding carboxylic acids is 1. The highest BCUT2D eigenvalue weighted by Crippen LogP contribution is 2.44. The number of aliphatic hydroxyl groups is 4. The van der Waals surface area contributed by atoms with Crippen LogP contribution in [0.2, 0.25) is 0 Å². The van der Waals surface area contributed by atoms with Crippen LogP contribution in [0.1, 0.15) is 12.0 Å². The van der Waals surface area contributed by atoms with Crippen LogP contribution in [0, 0.1) is 11.3 Å². The van der Waals surface area contributed by atoms with Gasteiger partial charge in [-0.3, -0.25) is 0 Å². The molecule has 0 amide bonds. The molecule has 0 radical (unpaired) electrons. The summed E-state index contributed by atoms with van der Waals surface area (Å²) in [4.78, 5) is 12.4. The van der Waals surface area contributed by atoms with Crippen LogP contribution in [-0.2, 0) is 19.9 Å². The van der Waals surface area contributed by atoms with Crippen LogP contribution in [0.15, 0.2) is 24.3 Å². The van der Waals surface area contributed by atoms with E-state index in [1.54, 1.807) is 18.2 Å². The molecule has 2 heterocycles. The molecule has 0 bridgehead atoms. The Morgan fingerprint density at radius 2 is 1.92 bits per heavy atom. The smallest absolute Gasteiger partial charge is 0.349 e. The van der Waals surface area contributed by atoms with E-state index in [-0.39, 0.29) is 5.75 Å². The van der Waals surface area contributed by atoms with Gasteiger partial charge in [0, 0.05) is 5.56 Å². The van der Waals surface area contributed by atoms with Gasteiger partial charge in [-0.2, -0.15) is 5.26 Å². The van der Waals surface area contributed by atoms with Gasteiger partial charge in [0.05, 0.1) is 19.1 Å². The number of esters is 1. The predicted octanol–water partition coefficient (Wildman–Crippen LogP) is -1.47. The number of fused-ring (bicyclic) bond motifs is 1. The third-order valence-electron chi connectivity index (χ3n) is 4.35. The number of hydrogen-bond donors (Lipinski definition) is 4. The minimum atomic E-state index is -1.85. The Hall–Kier alpha value is -2.06. The van der Waals surface area contributed by atoms with Crippen molar-refractivity contribution < 1.29 is 39.4 Å². The lowest BCUT2D eigenvalue weighted by Crippen LogP contribution is -2.61. The van der Waals surface area contributed by atoms with Gasteiger partial charge in [0.25, 0.3) is 0 Å². The Balaban J connectivity index is 1.95. The summed E-state index contributed by atoms with van der Waals surface area (Å²) in [6.07, 6.45) is -8.11. The molecular formula is C16H17NO8. The van der Waals surface area contributed by atoms with E-state index >= 15 is 0 Å². The van der Waals surface area contributed by atoms with Gasteiger partial charge in [0.1, 0.15) is 30.2 Å². The quantitative estimate of drug-likeness (QED) is 0.377. The fourth-order valence-electron chi connectivity index (χ4n) is 2.98. The average Bonchev–Trinajstić information content (AvgIpc) is 2.88. The minimum absolute atomic E-state index is 0.215. The first-order valence-corrected chi connectivity index (χ1v) is 7.61. The second-order valence-electron chi connectivity index (χ2n) is 5.86. The molecule has 134 valence electrons. The van der Waals surface area contributed by atoms with Crippen LogP contribution in [0.4, 0.5) is 0 Å². The minimum Gasteiger partial charge on any atom is -0.424 e. The zero-order valence-corrected chi connectivity index (χ0v) is 13.0. The summed E-state index contributed by atoms with van der Waals surface area (Å²) in [6.45, 7) is -0.642. The number of aliphatic hydroxyl groups excluding tert-OH is 4. The maximum absolute atomic E-state index is 12.4. The van der Waals surface area contributed by atoms with Crippen molar-refractivity contribution >= 4 is 5.97 Å². The summed E-state index contributed by atoms with van der Waals surface area (Å²) in [6, 6.07) is 8.19. The fraction of sp³-hybridized carbons (Fsp3) is 0.500. The maximum atomic E-state index is 12.4. The highest BCUT2D eigenvalue weighted by atomic mass is 16.7. The standard InChI is InChI=1S/C16H17NO8/c17-6-5-16(8-3-1-2-4-9(8)24-15(16)22)25-14-13(21)12(20)11(19)10(7-18)23-14/h1-4,10-14,18-21H,5,7H2/t10-,11-,12+,13-,14+,16+/m1/s1. The van der Waals surface area contributed by atoms with E-state index in [1.807, 2.05) is 6.07 Å². The van der Waals surface area contributed by atoms with Crippen LogP contribution >= 0.6 is 0 Å². The van der Waals surface area contributed by atoms with Crippen molar-refractivity contribution in [3.05, 3.63) is 29.8 Å². The lowest BCUT2D eigenvalue weighted by atomic mass is 9.91. The van der Waals surface area contributed by atoms with Crippen LogP contribution < -0.4 is 4.74 Å². The summed E-state index contributed by atoms with van der Waals surface area (Å²) in [5.41, 5.74) is -1.56. The van der Waals surface area contributed by atoms with Gasteiger partial charge in [0.2, 0.25) is 5.60 Å². The molecule has 25 heavy (non-hydrogen) atoms. The van der Waals surface area contributed by atoms with Gasteiger partial charge in [-0.15, -0.1) is 0 Å². The van der Waals surface area contributed by atoms with Gasteiger partial charge in [-0.05, 0) is 6.07 Å². The molecule has 0 aliphatic carbocycles. The van der Waals surface area contributed by atoms with Crippen LogP contribution in [0.3, 0.4) is 0 Å². The van der Waals surface area contributed by atoms with Gasteiger partial charge >= 0.3 is 5.97 Å². The molecule has 2 aliphatic heterocycles. The summed E-state index contributed by atoms with van der Waals surface area (Å²) < 4.78 is 16.0. The van der Waals surface area contributed by atoms with E-state index in [0.29, 0.717) is 5.56 Å². The fourth-order valence-corrected chi connectivity index (χ4v) is 2.98. The molecule has 1 fully saturated rings. The molecule has 0 unspecified atom stereocenters. The number of nitriles is 1. The number of ether oxygens (including phenoxy) is 3. The summed E-state index contributed by atoms with van der Waals surface area (Å²) >= 11 is 0. The largest absolute Gasteiger partial charge is 0.424 e. The van der Waals surface area contributed by atoms with Crippen LogP contribution in [-0.4, -0.2) is 63.7 Å². The van der Waals surface area contributed by atoms with Gasteiger partial charge in [-0.25, -0.2) is 4.79 Å². The molecule has 0 spiro atoms. The highest BCUT2D eigenvalue weighted by molar-refractivity contribution is 5.89. The lowest BCUT2D eigenvalue weighted by molar-refractivity contribution is -0.324. The van der Waals surface area contributed by atoms with Gasteiger partial charge in [-0.1, -0.05) is 18.2 Å². The number of carbonyl (C=O) groups is 1. The van der Waals surface area contributed by atoms with Crippen molar-refractivity contribution in [2.45, 2.75) is 42.7 Å². The number of nitrogens with zero attached hydrogens (tertiary/aromatic N) is 1. The summed E-state index contributed by atoms with van der Waals surface area (Å²) in [7, 11) is 0. The van der Waals surface area contributed by atoms with E-state index in [2.05, 4.69) is 0 Å². The molecule has 3 rings (SSSR count). The maximum Gasteiger partial charge on any atom is 0.349 e. The first kappa shape index (κ1) is 17.8. The van der Waals surface area contributed by atoms with Crippen molar-refractivity contribution in [1.82, 2.24) is 0 Å². The number of para-hydroxylation sites is 1. The van der Waals surface area contributed by atoms with Crippen molar-refractivity contribution in [3.8, 4) is 11.8 Å². The predicted molar refractivity (Wildman–Crippen MR) is 78.8 cm³/mol. The van der Waals surface area contributed by atoms with E-state index in [0.717, 1.165) is 0 Å². The molecule has 6 atom stereocenters. The van der Waals surface area contributed by atoms with Gasteiger partial charge < -0.3 is 34.6 Å². The second-order valence-corrected chi connectivity index (χ2v) is 5.86. The Morgan fingerprint density at radius 1 is 1.20 bits per heavy atom. The van der Waals surface area contributed by atoms with Crippen molar-refractivity contribution in [2.24, 2.45) is 0 Å². The molecule has 4 N–H and O–H groups in total. The van der Waals surface area contributed by atoms with Crippen LogP contribution in [0.5, 0.6) is 5.75 Å². The summed E-state index contributed by atoms with van der Waals surface area (Å²) in [5, 5.41) is 48.2. The monoisotopic (exact) mass is 351 g/mol. The normalized spacial score (nSPS) is 37.2. The first-order chi connectivity index (χ1) is 11.9. The topological polar surface area (TPSA) is 149 Å². The molecule has 9 heteroatoms. The Morgan fingerprint density at radius 3 is 2.60 bits per heavy atom. The van der Waals surface area contributed by atoms with Gasteiger partial charge in [0.15, 0.2) is 6.29 Å². The van der Waals surface area contributed by atoms with E-state index in [9.17, 15) is 25.2 Å². The highest BCUT2D eigenvalue weighted by Gasteiger charge is 2.55. The van der Waals surface area contributed by atoms with E-state index in [4.69, 9.17) is 19.5 Å². The average molecular weight is 351 g/mol. The first-order valence-electron chi connectivity index (χ1n) is 7.61. The number of benzene rings is 1. The summed E-state index contributed by atoms with van der Waals surface area (Å²) in [5.74, 6) is -0.639. The SMILES string of the molecule is N#CC[C@@]1(O[C@@H]2O[C@H](CO)[C@@H](O)[C@H](O)[C@H]2O)C(=O)Oc2ccccc21.